The van der Waals surface area contributed by atoms with Gasteiger partial charge in [0.05, 0.1) is 4.90 Å². The minimum atomic E-state index is -3.53. The molecule has 2 amide bonds. The van der Waals surface area contributed by atoms with Gasteiger partial charge >= 0.3 is 6.03 Å². The molecule has 0 saturated carbocycles. The summed E-state index contributed by atoms with van der Waals surface area (Å²) in [7, 11) is -1.75. The second kappa shape index (κ2) is 9.27. The fourth-order valence-corrected chi connectivity index (χ4v) is 5.28. The minimum absolute atomic E-state index is 0.206. The number of fused-ring (bicyclic) bond motifs is 1. The molecule has 1 aromatic carbocycles. The van der Waals surface area contributed by atoms with Gasteiger partial charge in [0.1, 0.15) is 6.33 Å². The SMILES string of the molecule is CCN(CC)S(=O)(=O)c1ccc(NC(=O)N2CCN(c3ncnc4c3nnn4C)CC2)cc1. The highest BCUT2D eigenvalue weighted by Crippen LogP contribution is 2.22. The van der Waals surface area contributed by atoms with Crippen molar-refractivity contribution in [3.8, 4) is 0 Å². The molecule has 3 heterocycles. The average molecular weight is 474 g/mol. The maximum atomic E-state index is 12.7. The number of piperazine rings is 1. The van der Waals surface area contributed by atoms with E-state index in [1.807, 2.05) is 0 Å². The zero-order chi connectivity index (χ0) is 23.6. The van der Waals surface area contributed by atoms with Gasteiger partial charge in [0.2, 0.25) is 10.0 Å². The Hall–Kier alpha value is -3.32. The molecule has 3 aromatic rings. The molecule has 176 valence electrons. The molecule has 0 atom stereocenters. The third kappa shape index (κ3) is 4.46. The zero-order valence-electron chi connectivity index (χ0n) is 18.8. The van der Waals surface area contributed by atoms with Crippen molar-refractivity contribution < 1.29 is 13.2 Å². The number of aryl methyl sites for hydroxylation is 1. The van der Waals surface area contributed by atoms with Crippen LogP contribution in [-0.4, -0.2) is 87.9 Å². The van der Waals surface area contributed by atoms with E-state index >= 15 is 0 Å². The fraction of sp³-hybridized carbons (Fsp3) is 0.450. The van der Waals surface area contributed by atoms with Crippen molar-refractivity contribution in [1.29, 1.82) is 0 Å². The number of urea groups is 1. The van der Waals surface area contributed by atoms with Crippen LogP contribution in [0.1, 0.15) is 13.8 Å². The van der Waals surface area contributed by atoms with Gasteiger partial charge in [-0.2, -0.15) is 4.31 Å². The summed E-state index contributed by atoms with van der Waals surface area (Å²) in [5.41, 5.74) is 1.84. The predicted molar refractivity (Wildman–Crippen MR) is 123 cm³/mol. The lowest BCUT2D eigenvalue weighted by Crippen LogP contribution is -2.50. The monoisotopic (exact) mass is 473 g/mol. The number of anilines is 2. The standard InChI is InChI=1S/C20H27N9O3S/c1-4-29(5-2)33(31,32)16-8-6-15(7-9-16)23-20(30)28-12-10-27(11-13-28)19-17-18(21-14-22-19)26(3)25-24-17/h6-9,14H,4-5,10-13H2,1-3H3,(H,23,30). The fourth-order valence-electron chi connectivity index (χ4n) is 3.82. The second-order valence-electron chi connectivity index (χ2n) is 7.60. The Morgan fingerprint density at radius 2 is 1.73 bits per heavy atom. The van der Waals surface area contributed by atoms with Gasteiger partial charge in [-0.1, -0.05) is 19.1 Å². The first-order valence-electron chi connectivity index (χ1n) is 10.8. The number of nitrogens with zero attached hydrogens (tertiary/aromatic N) is 8. The van der Waals surface area contributed by atoms with E-state index in [-0.39, 0.29) is 10.9 Å². The van der Waals surface area contributed by atoms with Crippen molar-refractivity contribution in [3.05, 3.63) is 30.6 Å². The number of benzene rings is 1. The van der Waals surface area contributed by atoms with E-state index in [1.54, 1.807) is 42.6 Å². The smallest absolute Gasteiger partial charge is 0.321 e. The van der Waals surface area contributed by atoms with Gasteiger partial charge < -0.3 is 15.1 Å². The molecule has 0 aliphatic carbocycles. The van der Waals surface area contributed by atoms with Gasteiger partial charge in [-0.3, -0.25) is 0 Å². The number of sulfonamides is 1. The van der Waals surface area contributed by atoms with Crippen molar-refractivity contribution in [2.24, 2.45) is 7.05 Å². The van der Waals surface area contributed by atoms with Crippen LogP contribution in [0.5, 0.6) is 0 Å². The Morgan fingerprint density at radius 3 is 2.36 bits per heavy atom. The van der Waals surface area contributed by atoms with Crippen molar-refractivity contribution in [2.75, 3.05) is 49.5 Å². The molecule has 1 N–H and O–H groups in total. The molecule has 13 heteroatoms. The quantitative estimate of drug-likeness (QED) is 0.564. The summed E-state index contributed by atoms with van der Waals surface area (Å²) in [6, 6.07) is 6.01. The van der Waals surface area contributed by atoms with E-state index in [9.17, 15) is 13.2 Å². The highest BCUT2D eigenvalue weighted by molar-refractivity contribution is 7.89. The number of nitrogens with one attached hydrogen (secondary N) is 1. The van der Waals surface area contributed by atoms with Crippen LogP contribution in [0.3, 0.4) is 0 Å². The first-order valence-corrected chi connectivity index (χ1v) is 12.2. The van der Waals surface area contributed by atoms with E-state index in [1.165, 1.54) is 22.8 Å². The maximum Gasteiger partial charge on any atom is 0.321 e. The number of rotatable bonds is 6. The molecule has 1 aliphatic heterocycles. The highest BCUT2D eigenvalue weighted by atomic mass is 32.2. The van der Waals surface area contributed by atoms with Crippen LogP contribution in [0.4, 0.5) is 16.3 Å². The maximum absolute atomic E-state index is 12.7. The van der Waals surface area contributed by atoms with Gasteiger partial charge in [-0.15, -0.1) is 5.10 Å². The summed E-state index contributed by atoms with van der Waals surface area (Å²) in [6.07, 6.45) is 1.49. The summed E-state index contributed by atoms with van der Waals surface area (Å²) in [4.78, 5) is 25.3. The normalized spacial score (nSPS) is 14.8. The van der Waals surface area contributed by atoms with Gasteiger partial charge in [-0.05, 0) is 24.3 Å². The number of amides is 2. The Morgan fingerprint density at radius 1 is 1.06 bits per heavy atom. The first kappa shape index (κ1) is 22.9. The largest absolute Gasteiger partial charge is 0.351 e. The van der Waals surface area contributed by atoms with E-state index in [2.05, 4.69) is 30.5 Å². The van der Waals surface area contributed by atoms with Gasteiger partial charge in [0, 0.05) is 52.0 Å². The van der Waals surface area contributed by atoms with Crippen LogP contribution in [0.25, 0.3) is 11.2 Å². The number of carbonyl (C=O) groups excluding carboxylic acids is 1. The van der Waals surface area contributed by atoms with Crippen LogP contribution in [0.15, 0.2) is 35.5 Å². The summed E-state index contributed by atoms with van der Waals surface area (Å²) in [6.45, 7) is 6.61. The summed E-state index contributed by atoms with van der Waals surface area (Å²) in [5, 5.41) is 11.0. The van der Waals surface area contributed by atoms with Gasteiger partial charge in [0.15, 0.2) is 17.0 Å². The Labute approximate surface area is 192 Å². The van der Waals surface area contributed by atoms with Crippen LogP contribution in [-0.2, 0) is 17.1 Å². The summed E-state index contributed by atoms with van der Waals surface area (Å²) in [5.74, 6) is 0.707. The van der Waals surface area contributed by atoms with Crippen LogP contribution in [0.2, 0.25) is 0 Å². The molecular formula is C20H27N9O3S. The first-order chi connectivity index (χ1) is 15.8. The lowest BCUT2D eigenvalue weighted by atomic mass is 10.3. The van der Waals surface area contributed by atoms with E-state index in [4.69, 9.17) is 0 Å². The molecular weight excluding hydrogens is 446 g/mol. The van der Waals surface area contributed by atoms with Crippen LogP contribution >= 0.6 is 0 Å². The third-order valence-electron chi connectivity index (χ3n) is 5.68. The highest BCUT2D eigenvalue weighted by Gasteiger charge is 2.25. The van der Waals surface area contributed by atoms with Gasteiger partial charge in [0.25, 0.3) is 0 Å². The van der Waals surface area contributed by atoms with E-state index < -0.39 is 10.0 Å². The Kier molecular flexibility index (Phi) is 6.42. The number of hydrogen-bond acceptors (Lipinski definition) is 8. The molecule has 1 saturated heterocycles. The number of hydrogen-bond donors (Lipinski definition) is 1. The zero-order valence-corrected chi connectivity index (χ0v) is 19.7. The molecule has 12 nitrogen and oxygen atoms in total. The van der Waals surface area contributed by atoms with Crippen molar-refractivity contribution in [3.63, 3.8) is 0 Å². The number of aromatic nitrogens is 5. The predicted octanol–water partition coefficient (Wildman–Crippen LogP) is 1.14. The molecule has 0 bridgehead atoms. The molecule has 1 aliphatic rings. The Bertz CT molecular complexity index is 1230. The molecule has 2 aromatic heterocycles. The molecule has 0 radical (unpaired) electrons. The average Bonchev–Trinajstić information content (AvgIpc) is 3.21. The topological polar surface area (TPSA) is 129 Å². The molecule has 33 heavy (non-hydrogen) atoms. The van der Waals surface area contributed by atoms with Crippen molar-refractivity contribution >= 4 is 38.7 Å². The summed E-state index contributed by atoms with van der Waals surface area (Å²) < 4.78 is 28.2. The lowest BCUT2D eigenvalue weighted by molar-refractivity contribution is 0.208. The van der Waals surface area contributed by atoms with Crippen molar-refractivity contribution in [1.82, 2.24) is 34.2 Å². The van der Waals surface area contributed by atoms with Crippen LogP contribution < -0.4 is 10.2 Å². The van der Waals surface area contributed by atoms with Crippen molar-refractivity contribution in [2.45, 2.75) is 18.7 Å². The number of carbonyl (C=O) groups is 1. The van der Waals surface area contributed by atoms with Gasteiger partial charge in [-0.25, -0.2) is 27.9 Å². The second-order valence-corrected chi connectivity index (χ2v) is 9.54. The van der Waals surface area contributed by atoms with Crippen LogP contribution in [0, 0.1) is 0 Å². The van der Waals surface area contributed by atoms with E-state index in [0.29, 0.717) is 61.9 Å². The molecule has 4 rings (SSSR count). The molecule has 1 fully saturated rings. The lowest BCUT2D eigenvalue weighted by Gasteiger charge is -2.35. The molecule has 0 spiro atoms. The summed E-state index contributed by atoms with van der Waals surface area (Å²) >= 11 is 0. The van der Waals surface area contributed by atoms with E-state index in [0.717, 1.165) is 0 Å². The minimum Gasteiger partial charge on any atom is -0.351 e. The Balaban J connectivity index is 1.37. The third-order valence-corrected chi connectivity index (χ3v) is 7.75. The molecule has 0 unspecified atom stereocenters.